The molecule has 0 aliphatic rings. The summed E-state index contributed by atoms with van der Waals surface area (Å²) in [4.78, 5) is 25.0. The molecule has 0 aromatic heterocycles. The molecule has 0 bridgehead atoms. The smallest absolute Gasteiger partial charge is 0.306 e. The van der Waals surface area contributed by atoms with Crippen LogP contribution >= 0.6 is 0 Å². The molecule has 0 heterocycles. The van der Waals surface area contributed by atoms with Crippen LogP contribution in [0.4, 0.5) is 0 Å². The summed E-state index contributed by atoms with van der Waals surface area (Å²) in [6, 6.07) is 0. The van der Waals surface area contributed by atoms with Crippen molar-refractivity contribution >= 4 is 11.9 Å². The highest BCUT2D eigenvalue weighted by Crippen LogP contribution is 2.15. The molecule has 0 amide bonds. The molecule has 1 atom stereocenters. The van der Waals surface area contributed by atoms with E-state index < -0.39 is 6.10 Å². The van der Waals surface area contributed by atoms with Crippen LogP contribution in [0.1, 0.15) is 226 Å². The van der Waals surface area contributed by atoms with Crippen molar-refractivity contribution in [2.45, 2.75) is 232 Å². The fourth-order valence-electron chi connectivity index (χ4n) is 6.08. The van der Waals surface area contributed by atoms with Crippen molar-refractivity contribution in [3.8, 4) is 0 Å². The van der Waals surface area contributed by atoms with Gasteiger partial charge in [0.05, 0.1) is 6.61 Å². The lowest BCUT2D eigenvalue weighted by Crippen LogP contribution is -2.30. The second kappa shape index (κ2) is 40.1. The van der Waals surface area contributed by atoms with E-state index in [9.17, 15) is 9.59 Å². The molecule has 0 saturated heterocycles. The van der Waals surface area contributed by atoms with Crippen LogP contribution in [0.15, 0.2) is 12.2 Å². The lowest BCUT2D eigenvalue weighted by molar-refractivity contribution is -0.163. The third-order valence-corrected chi connectivity index (χ3v) is 9.30. The van der Waals surface area contributed by atoms with Crippen LogP contribution < -0.4 is 0 Å². The van der Waals surface area contributed by atoms with E-state index in [0.29, 0.717) is 26.1 Å². The highest BCUT2D eigenvalue weighted by molar-refractivity contribution is 5.70. The highest BCUT2D eigenvalue weighted by atomic mass is 16.6. The van der Waals surface area contributed by atoms with Gasteiger partial charge >= 0.3 is 11.9 Å². The minimum atomic E-state index is -0.526. The zero-order chi connectivity index (χ0) is 35.0. The number of hydrogen-bond donors (Lipinski definition) is 0. The summed E-state index contributed by atoms with van der Waals surface area (Å²) in [7, 11) is 0. The average Bonchev–Trinajstić information content (AvgIpc) is 3.08. The van der Waals surface area contributed by atoms with E-state index in [4.69, 9.17) is 14.2 Å². The van der Waals surface area contributed by atoms with Gasteiger partial charge in [0.15, 0.2) is 6.10 Å². The molecule has 0 saturated carbocycles. The molecule has 0 aliphatic heterocycles. The lowest BCUT2D eigenvalue weighted by atomic mass is 10.0. The summed E-state index contributed by atoms with van der Waals surface area (Å²) < 4.78 is 17.2. The van der Waals surface area contributed by atoms with Gasteiger partial charge in [-0.3, -0.25) is 9.59 Å². The van der Waals surface area contributed by atoms with Gasteiger partial charge in [0.25, 0.3) is 0 Å². The minimum absolute atomic E-state index is 0.0889. The number of allylic oxidation sites excluding steroid dienone is 2. The van der Waals surface area contributed by atoms with Crippen LogP contribution in [0.5, 0.6) is 0 Å². The molecule has 5 heteroatoms. The molecule has 0 radical (unpaired) electrons. The zero-order valence-corrected chi connectivity index (χ0v) is 32.5. The monoisotopic (exact) mass is 679 g/mol. The molecular weight excluding hydrogens is 596 g/mol. The second-order valence-corrected chi connectivity index (χ2v) is 14.3. The van der Waals surface area contributed by atoms with Gasteiger partial charge in [-0.05, 0) is 38.5 Å². The number of unbranched alkanes of at least 4 members (excludes halogenated alkanes) is 26. The number of carbonyl (C=O) groups excluding carboxylic acids is 2. The largest absolute Gasteiger partial charge is 0.462 e. The molecule has 0 aromatic carbocycles. The topological polar surface area (TPSA) is 61.8 Å². The number of carbonyl (C=O) groups is 2. The van der Waals surface area contributed by atoms with E-state index in [1.165, 1.54) is 141 Å². The zero-order valence-electron chi connectivity index (χ0n) is 32.5. The summed E-state index contributed by atoms with van der Waals surface area (Å²) in [6.07, 6.45) is 42.1. The van der Waals surface area contributed by atoms with Crippen LogP contribution in [-0.4, -0.2) is 37.9 Å². The Kier molecular flexibility index (Phi) is 38.9. The fourth-order valence-corrected chi connectivity index (χ4v) is 6.08. The standard InChI is InChI=1S/C43H82O5/c1-4-7-10-13-16-18-20-21-22-23-25-26-28-30-33-36-42(44)47-40-41(39-46-38-35-32-15-12-9-6-3)48-43(45)37-34-31-29-27-24-19-17-14-11-8-5-2/h14,17,41H,4-13,15-16,18-40H2,1-3H3/b17-14-. The first-order valence-corrected chi connectivity index (χ1v) is 21.2. The number of esters is 2. The van der Waals surface area contributed by atoms with Crippen LogP contribution in [0.2, 0.25) is 0 Å². The van der Waals surface area contributed by atoms with E-state index >= 15 is 0 Å². The van der Waals surface area contributed by atoms with E-state index in [0.717, 1.165) is 51.4 Å². The predicted octanol–water partition coefficient (Wildman–Crippen LogP) is 13.6. The maximum Gasteiger partial charge on any atom is 0.306 e. The maximum absolute atomic E-state index is 12.6. The van der Waals surface area contributed by atoms with E-state index in [1.807, 2.05) is 0 Å². The highest BCUT2D eigenvalue weighted by Gasteiger charge is 2.17. The predicted molar refractivity (Wildman–Crippen MR) is 206 cm³/mol. The van der Waals surface area contributed by atoms with Gasteiger partial charge < -0.3 is 14.2 Å². The minimum Gasteiger partial charge on any atom is -0.462 e. The molecule has 0 rings (SSSR count). The molecule has 5 nitrogen and oxygen atoms in total. The van der Waals surface area contributed by atoms with Gasteiger partial charge in [-0.15, -0.1) is 0 Å². The summed E-state index contributed by atoms with van der Waals surface area (Å²) in [5, 5.41) is 0. The van der Waals surface area contributed by atoms with E-state index in [1.54, 1.807) is 0 Å². The first kappa shape index (κ1) is 46.6. The van der Waals surface area contributed by atoms with Gasteiger partial charge in [0.2, 0.25) is 0 Å². The number of hydrogen-bond acceptors (Lipinski definition) is 5. The molecule has 0 spiro atoms. The van der Waals surface area contributed by atoms with Gasteiger partial charge in [0, 0.05) is 19.4 Å². The first-order chi connectivity index (χ1) is 23.6. The Labute approximate surface area is 299 Å². The van der Waals surface area contributed by atoms with E-state index in [-0.39, 0.29) is 18.5 Å². The summed E-state index contributed by atoms with van der Waals surface area (Å²) in [5.41, 5.74) is 0. The first-order valence-electron chi connectivity index (χ1n) is 21.2. The van der Waals surface area contributed by atoms with Crippen molar-refractivity contribution in [3.05, 3.63) is 12.2 Å². The molecule has 1 unspecified atom stereocenters. The van der Waals surface area contributed by atoms with Crippen molar-refractivity contribution < 1.29 is 23.8 Å². The van der Waals surface area contributed by atoms with Crippen LogP contribution in [0.3, 0.4) is 0 Å². The summed E-state index contributed by atoms with van der Waals surface area (Å²) >= 11 is 0. The van der Waals surface area contributed by atoms with Crippen LogP contribution in [0, 0.1) is 0 Å². The normalized spacial score (nSPS) is 12.1. The summed E-state index contributed by atoms with van der Waals surface area (Å²) in [6.45, 7) is 7.77. The Balaban J connectivity index is 4.09. The number of ether oxygens (including phenoxy) is 3. The average molecular weight is 679 g/mol. The fraction of sp³-hybridized carbons (Fsp3) is 0.907. The number of rotatable bonds is 39. The third kappa shape index (κ3) is 37.5. The SMILES string of the molecule is CCCC/C=C\CCCCCCCC(=O)OC(COCCCCCCCC)COC(=O)CCCCCCCCCCCCCCCCC. The van der Waals surface area contributed by atoms with Crippen molar-refractivity contribution in [2.75, 3.05) is 19.8 Å². The molecule has 0 aromatic rings. The quantitative estimate of drug-likeness (QED) is 0.0368. The van der Waals surface area contributed by atoms with Crippen LogP contribution in [0.25, 0.3) is 0 Å². The second-order valence-electron chi connectivity index (χ2n) is 14.3. The van der Waals surface area contributed by atoms with Gasteiger partial charge in [-0.2, -0.15) is 0 Å². The third-order valence-electron chi connectivity index (χ3n) is 9.30. The Morgan fingerprint density at radius 1 is 0.438 bits per heavy atom. The Morgan fingerprint density at radius 3 is 1.33 bits per heavy atom. The van der Waals surface area contributed by atoms with Gasteiger partial charge in [-0.25, -0.2) is 0 Å². The molecular formula is C43H82O5. The van der Waals surface area contributed by atoms with Gasteiger partial charge in [0.1, 0.15) is 6.61 Å². The molecule has 0 aliphatic carbocycles. The maximum atomic E-state index is 12.6. The molecule has 0 N–H and O–H groups in total. The molecule has 284 valence electrons. The van der Waals surface area contributed by atoms with Gasteiger partial charge in [-0.1, -0.05) is 187 Å². The Morgan fingerprint density at radius 2 is 0.833 bits per heavy atom. The Bertz CT molecular complexity index is 691. The van der Waals surface area contributed by atoms with Crippen molar-refractivity contribution in [1.29, 1.82) is 0 Å². The molecule has 48 heavy (non-hydrogen) atoms. The van der Waals surface area contributed by atoms with Crippen molar-refractivity contribution in [3.63, 3.8) is 0 Å². The molecule has 0 fully saturated rings. The summed E-state index contributed by atoms with van der Waals surface area (Å²) in [5.74, 6) is -0.401. The Hall–Kier alpha value is -1.36. The van der Waals surface area contributed by atoms with Crippen molar-refractivity contribution in [2.24, 2.45) is 0 Å². The van der Waals surface area contributed by atoms with E-state index in [2.05, 4.69) is 32.9 Å². The van der Waals surface area contributed by atoms with Crippen LogP contribution in [-0.2, 0) is 23.8 Å². The van der Waals surface area contributed by atoms with Crippen molar-refractivity contribution in [1.82, 2.24) is 0 Å². The lowest BCUT2D eigenvalue weighted by Gasteiger charge is -2.18.